The summed E-state index contributed by atoms with van der Waals surface area (Å²) in [5.74, 6) is 1.53. The molecule has 1 saturated heterocycles. The highest BCUT2D eigenvalue weighted by Gasteiger charge is 2.34. The Bertz CT molecular complexity index is 1190. The van der Waals surface area contributed by atoms with Crippen LogP contribution in [0, 0.1) is 0 Å². The number of amidine groups is 1. The Hall–Kier alpha value is -2.79. The van der Waals surface area contributed by atoms with Crippen LogP contribution >= 0.6 is 0 Å². The van der Waals surface area contributed by atoms with Crippen molar-refractivity contribution in [3.8, 4) is 17.2 Å². The fraction of sp³-hybridized carbons (Fsp3) is 0.409. The van der Waals surface area contributed by atoms with E-state index in [4.69, 9.17) is 9.47 Å². The third kappa shape index (κ3) is 4.51. The molecule has 2 aliphatic heterocycles. The second-order valence-corrected chi connectivity index (χ2v) is 10.5. The van der Waals surface area contributed by atoms with Gasteiger partial charge in [0.15, 0.2) is 5.75 Å². The van der Waals surface area contributed by atoms with E-state index in [-0.39, 0.29) is 24.5 Å². The van der Waals surface area contributed by atoms with Crippen molar-refractivity contribution in [3.63, 3.8) is 0 Å². The SMILES string of the molecule is COc1ccc2c(c1)Oc1ccc(C(F)(F)F)cc1N=C2N1CCN(S(=O)(=O)C(C)C)CC1. The lowest BCUT2D eigenvalue weighted by atomic mass is 10.1. The molecule has 1 fully saturated rings. The monoisotopic (exact) mass is 483 g/mol. The van der Waals surface area contributed by atoms with Crippen LogP contribution in [0.3, 0.4) is 0 Å². The first-order valence-electron chi connectivity index (χ1n) is 10.4. The Morgan fingerprint density at radius 3 is 2.33 bits per heavy atom. The highest BCUT2D eigenvalue weighted by molar-refractivity contribution is 7.89. The van der Waals surface area contributed by atoms with Gasteiger partial charge in [-0.15, -0.1) is 0 Å². The van der Waals surface area contributed by atoms with Gasteiger partial charge in [-0.05, 0) is 44.2 Å². The van der Waals surface area contributed by atoms with Crippen LogP contribution in [0.2, 0.25) is 0 Å². The molecule has 0 atom stereocenters. The van der Waals surface area contributed by atoms with Gasteiger partial charge in [0.25, 0.3) is 0 Å². The molecule has 0 N–H and O–H groups in total. The summed E-state index contributed by atoms with van der Waals surface area (Å²) in [6.07, 6.45) is -4.52. The van der Waals surface area contributed by atoms with E-state index in [1.807, 2.05) is 4.90 Å². The average Bonchev–Trinajstić information content (AvgIpc) is 2.94. The molecule has 4 rings (SSSR count). The zero-order valence-electron chi connectivity index (χ0n) is 18.4. The molecule has 0 aliphatic carbocycles. The van der Waals surface area contributed by atoms with Crippen molar-refractivity contribution in [2.24, 2.45) is 4.99 Å². The van der Waals surface area contributed by atoms with E-state index < -0.39 is 27.0 Å². The molecule has 0 bridgehead atoms. The van der Waals surface area contributed by atoms with Crippen molar-refractivity contribution in [3.05, 3.63) is 47.5 Å². The fourth-order valence-corrected chi connectivity index (χ4v) is 5.02. The number of fused-ring (bicyclic) bond motifs is 2. The zero-order valence-corrected chi connectivity index (χ0v) is 19.2. The number of sulfonamides is 1. The van der Waals surface area contributed by atoms with E-state index in [0.717, 1.165) is 12.1 Å². The Morgan fingerprint density at radius 2 is 1.73 bits per heavy atom. The number of nitrogens with zero attached hydrogens (tertiary/aromatic N) is 3. The summed E-state index contributed by atoms with van der Waals surface area (Å²) in [5.41, 5.74) is -0.197. The molecule has 2 aromatic carbocycles. The lowest BCUT2D eigenvalue weighted by Gasteiger charge is -2.36. The Labute approximate surface area is 190 Å². The molecule has 0 unspecified atom stereocenters. The fourth-order valence-electron chi connectivity index (χ4n) is 3.75. The predicted molar refractivity (Wildman–Crippen MR) is 118 cm³/mol. The molecule has 0 spiro atoms. The molecular formula is C22H24F3N3O4S. The van der Waals surface area contributed by atoms with Crippen molar-refractivity contribution < 1.29 is 31.1 Å². The van der Waals surface area contributed by atoms with Gasteiger partial charge in [0.1, 0.15) is 23.0 Å². The number of halogens is 3. The van der Waals surface area contributed by atoms with Crippen LogP contribution in [0.5, 0.6) is 17.2 Å². The van der Waals surface area contributed by atoms with E-state index >= 15 is 0 Å². The van der Waals surface area contributed by atoms with Crippen LogP contribution in [-0.4, -0.2) is 62.0 Å². The van der Waals surface area contributed by atoms with Gasteiger partial charge in [-0.25, -0.2) is 13.4 Å². The van der Waals surface area contributed by atoms with Crippen LogP contribution in [0.25, 0.3) is 0 Å². The molecule has 33 heavy (non-hydrogen) atoms. The van der Waals surface area contributed by atoms with Crippen LogP contribution < -0.4 is 9.47 Å². The molecule has 2 aromatic rings. The average molecular weight is 484 g/mol. The van der Waals surface area contributed by atoms with Gasteiger partial charge in [-0.1, -0.05) is 0 Å². The largest absolute Gasteiger partial charge is 0.497 e. The number of rotatable bonds is 3. The number of piperazine rings is 1. The van der Waals surface area contributed by atoms with Gasteiger partial charge in [0.2, 0.25) is 10.0 Å². The number of alkyl halides is 3. The maximum atomic E-state index is 13.3. The van der Waals surface area contributed by atoms with Crippen molar-refractivity contribution in [1.82, 2.24) is 9.21 Å². The van der Waals surface area contributed by atoms with E-state index in [9.17, 15) is 21.6 Å². The molecule has 7 nitrogen and oxygen atoms in total. The van der Waals surface area contributed by atoms with Gasteiger partial charge in [0, 0.05) is 32.2 Å². The van der Waals surface area contributed by atoms with Crippen LogP contribution in [0.4, 0.5) is 18.9 Å². The smallest absolute Gasteiger partial charge is 0.416 e. The van der Waals surface area contributed by atoms with Crippen LogP contribution in [0.15, 0.2) is 41.4 Å². The predicted octanol–water partition coefficient (Wildman–Crippen LogP) is 4.25. The lowest BCUT2D eigenvalue weighted by molar-refractivity contribution is -0.137. The molecule has 0 aromatic heterocycles. The summed E-state index contributed by atoms with van der Waals surface area (Å²) in [7, 11) is -1.90. The number of aliphatic imine (C=N–C) groups is 1. The van der Waals surface area contributed by atoms with E-state index in [1.54, 1.807) is 32.0 Å². The molecule has 0 amide bonds. The molecule has 178 valence electrons. The Morgan fingerprint density at radius 1 is 1.03 bits per heavy atom. The Kier molecular flexibility index (Phi) is 6.04. The van der Waals surface area contributed by atoms with Crippen LogP contribution in [0.1, 0.15) is 25.0 Å². The van der Waals surface area contributed by atoms with E-state index in [0.29, 0.717) is 36.0 Å². The minimum Gasteiger partial charge on any atom is -0.497 e. The highest BCUT2D eigenvalue weighted by atomic mass is 32.2. The molecular weight excluding hydrogens is 459 g/mol. The molecule has 0 saturated carbocycles. The number of hydrogen-bond donors (Lipinski definition) is 0. The number of benzene rings is 2. The van der Waals surface area contributed by atoms with Crippen molar-refractivity contribution in [1.29, 1.82) is 0 Å². The van der Waals surface area contributed by atoms with Gasteiger partial charge in [-0.2, -0.15) is 17.5 Å². The van der Waals surface area contributed by atoms with Gasteiger partial charge in [0.05, 0.1) is 23.5 Å². The normalized spacial score (nSPS) is 17.1. The zero-order chi connectivity index (χ0) is 24.0. The second-order valence-electron chi connectivity index (χ2n) is 8.06. The topological polar surface area (TPSA) is 71.4 Å². The second kappa shape index (κ2) is 8.53. The van der Waals surface area contributed by atoms with Gasteiger partial charge >= 0.3 is 6.18 Å². The van der Waals surface area contributed by atoms with E-state index in [2.05, 4.69) is 4.99 Å². The van der Waals surface area contributed by atoms with Crippen molar-refractivity contribution >= 4 is 21.5 Å². The van der Waals surface area contributed by atoms with Gasteiger partial charge in [-0.3, -0.25) is 0 Å². The summed E-state index contributed by atoms with van der Waals surface area (Å²) < 4.78 is 77.6. The maximum absolute atomic E-state index is 13.3. The summed E-state index contributed by atoms with van der Waals surface area (Å²) in [6, 6.07) is 8.26. The van der Waals surface area contributed by atoms with Crippen molar-refractivity contribution in [2.75, 3.05) is 33.3 Å². The summed E-state index contributed by atoms with van der Waals surface area (Å²) in [6.45, 7) is 4.44. The Balaban J connectivity index is 1.75. The standard InChI is InChI=1S/C22H24F3N3O4S/c1-14(2)33(29,30)28-10-8-27(9-11-28)21-17-6-5-16(31-3)13-20(17)32-19-7-4-15(22(23,24)25)12-18(19)26-21/h4-7,12-14H,8-11H2,1-3H3. The summed E-state index contributed by atoms with van der Waals surface area (Å²) in [5, 5.41) is -0.534. The maximum Gasteiger partial charge on any atom is 0.416 e. The number of hydrogen-bond acceptors (Lipinski definition) is 6. The minimum absolute atomic E-state index is 0.0484. The minimum atomic E-state index is -4.52. The van der Waals surface area contributed by atoms with E-state index in [1.165, 1.54) is 17.5 Å². The van der Waals surface area contributed by atoms with Crippen molar-refractivity contribution in [2.45, 2.75) is 25.3 Å². The highest BCUT2D eigenvalue weighted by Crippen LogP contribution is 2.42. The molecule has 2 heterocycles. The lowest BCUT2D eigenvalue weighted by Crippen LogP contribution is -2.52. The molecule has 0 radical (unpaired) electrons. The first kappa shape index (κ1) is 23.4. The summed E-state index contributed by atoms with van der Waals surface area (Å²) >= 11 is 0. The molecule has 2 aliphatic rings. The summed E-state index contributed by atoms with van der Waals surface area (Å²) in [4.78, 5) is 6.44. The third-order valence-electron chi connectivity index (χ3n) is 5.66. The number of ether oxygens (including phenoxy) is 2. The number of methoxy groups -OCH3 is 1. The molecule has 11 heteroatoms. The van der Waals surface area contributed by atoms with Crippen LogP contribution in [-0.2, 0) is 16.2 Å². The quantitative estimate of drug-likeness (QED) is 0.653. The first-order valence-corrected chi connectivity index (χ1v) is 11.9. The third-order valence-corrected chi connectivity index (χ3v) is 7.93. The first-order chi connectivity index (χ1) is 15.5. The van der Waals surface area contributed by atoms with Gasteiger partial charge < -0.3 is 14.4 Å².